The van der Waals surface area contributed by atoms with Crippen molar-refractivity contribution in [2.75, 3.05) is 14.2 Å². The first-order valence-corrected chi connectivity index (χ1v) is 13.1. The zero-order valence-corrected chi connectivity index (χ0v) is 23.8. The van der Waals surface area contributed by atoms with Crippen molar-refractivity contribution in [2.24, 2.45) is 7.05 Å². The van der Waals surface area contributed by atoms with E-state index in [9.17, 15) is 19.1 Å². The smallest absolute Gasteiger partial charge is 0.257 e. The van der Waals surface area contributed by atoms with Crippen LogP contribution in [-0.4, -0.2) is 39.6 Å². The number of aromatic nitrogens is 3. The second-order valence-corrected chi connectivity index (χ2v) is 9.77. The van der Waals surface area contributed by atoms with E-state index in [1.807, 2.05) is 0 Å². The summed E-state index contributed by atoms with van der Waals surface area (Å²) < 4.78 is 46.8. The number of aliphatic hydroxyl groups excluding tert-OH is 1. The monoisotopic (exact) mass is 587 g/mol. The van der Waals surface area contributed by atoms with Crippen molar-refractivity contribution in [1.29, 1.82) is 0 Å². The predicted molar refractivity (Wildman–Crippen MR) is 155 cm³/mol. The summed E-state index contributed by atoms with van der Waals surface area (Å²) in [6, 6.07) is 11.1. The Kier molecular flexibility index (Phi) is 8.18. The van der Waals surface area contributed by atoms with Gasteiger partial charge in [0.15, 0.2) is 28.8 Å². The number of benzene rings is 2. The second-order valence-electron chi connectivity index (χ2n) is 9.77. The highest BCUT2D eigenvalue weighted by atomic mass is 19.1. The molecule has 0 saturated heterocycles. The van der Waals surface area contributed by atoms with E-state index in [4.69, 9.17) is 14.2 Å². The van der Waals surface area contributed by atoms with Crippen LogP contribution in [0.5, 0.6) is 23.1 Å². The molecule has 3 aromatic heterocycles. The third-order valence-electron chi connectivity index (χ3n) is 7.02. The summed E-state index contributed by atoms with van der Waals surface area (Å²) in [5.41, 5.74) is 1.60. The highest BCUT2D eigenvalue weighted by molar-refractivity contribution is 5.98. The maximum atomic E-state index is 15.2. The third kappa shape index (κ3) is 5.67. The van der Waals surface area contributed by atoms with E-state index in [-0.39, 0.29) is 40.6 Å². The van der Waals surface area contributed by atoms with E-state index in [0.29, 0.717) is 33.5 Å². The first kappa shape index (κ1) is 29.3. The van der Waals surface area contributed by atoms with E-state index in [1.54, 1.807) is 20.0 Å². The molecule has 11 heteroatoms. The summed E-state index contributed by atoms with van der Waals surface area (Å²) in [4.78, 5) is 35.5. The number of pyridine rings is 3. The lowest BCUT2D eigenvalue weighted by atomic mass is 9.94. The van der Waals surface area contributed by atoms with Crippen molar-refractivity contribution < 1.29 is 32.9 Å². The summed E-state index contributed by atoms with van der Waals surface area (Å²) in [5, 5.41) is 9.97. The number of ether oxygens (including phenoxy) is 3. The van der Waals surface area contributed by atoms with E-state index in [0.717, 1.165) is 6.07 Å². The number of aliphatic hydroxyl groups is 1. The Morgan fingerprint density at radius 3 is 2.47 bits per heavy atom. The van der Waals surface area contributed by atoms with Crippen molar-refractivity contribution in [3.05, 3.63) is 105 Å². The number of carbonyl (C=O) groups is 1. The minimum atomic E-state index is -0.734. The van der Waals surface area contributed by atoms with Crippen LogP contribution in [0, 0.1) is 18.6 Å². The molecule has 0 aliphatic carbocycles. The van der Waals surface area contributed by atoms with Crippen molar-refractivity contribution in [2.45, 2.75) is 20.0 Å². The van der Waals surface area contributed by atoms with Crippen LogP contribution in [0.2, 0.25) is 0 Å². The highest BCUT2D eigenvalue weighted by Gasteiger charge is 2.22. The van der Waals surface area contributed by atoms with Crippen LogP contribution in [0.3, 0.4) is 0 Å². The first-order valence-electron chi connectivity index (χ1n) is 13.1. The average molecular weight is 588 g/mol. The molecule has 220 valence electrons. The van der Waals surface area contributed by atoms with Crippen LogP contribution < -0.4 is 19.6 Å². The number of nitrogens with zero attached hydrogens (tertiary/aromatic N) is 3. The van der Waals surface area contributed by atoms with Crippen molar-refractivity contribution in [3.63, 3.8) is 0 Å². The molecule has 0 aliphatic rings. The third-order valence-corrected chi connectivity index (χ3v) is 7.02. The molecular weight excluding hydrogens is 560 g/mol. The number of hydrogen-bond donors (Lipinski definition) is 1. The SMILES string of the molecule is COc1cc2nccc(Oc3ccc(CC(=O)c4cn(C)c(CO)c(-c5ccc(F)cc5C)c4=O)cc3F)c2nc1OC. The molecule has 0 atom stereocenters. The van der Waals surface area contributed by atoms with Crippen LogP contribution in [0.1, 0.15) is 27.2 Å². The summed E-state index contributed by atoms with van der Waals surface area (Å²) in [7, 11) is 4.51. The molecule has 0 spiro atoms. The number of hydrogen-bond acceptors (Lipinski definition) is 8. The summed E-state index contributed by atoms with van der Waals surface area (Å²) in [6.07, 6.45) is 2.56. The molecule has 0 radical (unpaired) electrons. The molecule has 0 bridgehead atoms. The van der Waals surface area contributed by atoms with E-state index in [1.165, 1.54) is 67.6 Å². The molecule has 0 unspecified atom stereocenters. The maximum absolute atomic E-state index is 15.2. The van der Waals surface area contributed by atoms with Gasteiger partial charge in [-0.25, -0.2) is 13.8 Å². The first-order chi connectivity index (χ1) is 20.6. The minimum absolute atomic E-state index is 0.107. The maximum Gasteiger partial charge on any atom is 0.257 e. The van der Waals surface area contributed by atoms with Crippen LogP contribution >= 0.6 is 0 Å². The topological polar surface area (TPSA) is 113 Å². The molecule has 5 rings (SSSR count). The number of rotatable bonds is 9. The zero-order chi connectivity index (χ0) is 30.8. The Bertz CT molecular complexity index is 1940. The molecule has 5 aromatic rings. The van der Waals surface area contributed by atoms with E-state index >= 15 is 4.39 Å². The lowest BCUT2D eigenvalue weighted by Gasteiger charge is -2.16. The predicted octanol–water partition coefficient (Wildman–Crippen LogP) is 5.31. The van der Waals surface area contributed by atoms with Crippen LogP contribution in [0.25, 0.3) is 22.2 Å². The van der Waals surface area contributed by atoms with Gasteiger partial charge < -0.3 is 23.9 Å². The van der Waals surface area contributed by atoms with Crippen molar-refractivity contribution in [3.8, 4) is 34.3 Å². The molecule has 43 heavy (non-hydrogen) atoms. The van der Waals surface area contributed by atoms with E-state index in [2.05, 4.69) is 9.97 Å². The Morgan fingerprint density at radius 2 is 1.79 bits per heavy atom. The van der Waals surface area contributed by atoms with Gasteiger partial charge in [-0.15, -0.1) is 0 Å². The molecule has 0 fully saturated rings. The Morgan fingerprint density at radius 1 is 1.00 bits per heavy atom. The number of fused-ring (bicyclic) bond motifs is 1. The van der Waals surface area contributed by atoms with Gasteiger partial charge in [-0.2, -0.15) is 0 Å². The van der Waals surface area contributed by atoms with Gasteiger partial charge in [0.1, 0.15) is 11.3 Å². The van der Waals surface area contributed by atoms with Gasteiger partial charge >= 0.3 is 0 Å². The fraction of sp³-hybridized carbons (Fsp3) is 0.188. The second kappa shape index (κ2) is 12.0. The summed E-state index contributed by atoms with van der Waals surface area (Å²) in [6.45, 7) is 1.17. The van der Waals surface area contributed by atoms with Gasteiger partial charge in [0.2, 0.25) is 5.43 Å². The molecule has 2 aromatic carbocycles. The van der Waals surface area contributed by atoms with Gasteiger partial charge in [0, 0.05) is 38.0 Å². The molecule has 0 saturated carbocycles. The average Bonchev–Trinajstić information content (AvgIpc) is 2.99. The van der Waals surface area contributed by atoms with Crippen LogP contribution in [-0.2, 0) is 20.1 Å². The molecule has 0 aliphatic heterocycles. The quantitative estimate of drug-likeness (QED) is 0.231. The minimum Gasteiger partial charge on any atom is -0.491 e. The number of halogens is 2. The number of Topliss-reactive ketones (excluding diaryl/α,β-unsaturated/α-hetero) is 1. The normalized spacial score (nSPS) is 11.0. The summed E-state index contributed by atoms with van der Waals surface area (Å²) in [5.74, 6) is -1.06. The lowest BCUT2D eigenvalue weighted by Crippen LogP contribution is -2.24. The number of ketones is 1. The molecule has 9 nitrogen and oxygen atoms in total. The Labute approximate surface area is 244 Å². The number of aryl methyl sites for hydroxylation is 2. The molecule has 3 heterocycles. The number of methoxy groups -OCH3 is 2. The van der Waals surface area contributed by atoms with Gasteiger partial charge in [0.05, 0.1) is 43.2 Å². The standard InChI is InChI=1S/C32H27F2N3O6/c1-17-11-19(33)6-7-20(17)29-24(16-38)37(2)15-21(31(29)40)25(39)13-18-5-8-26(22(34)12-18)43-27-9-10-35-23-14-28(41-3)32(42-4)36-30(23)27/h5-12,14-15,38H,13,16H2,1-4H3. The van der Waals surface area contributed by atoms with Crippen LogP contribution in [0.15, 0.2) is 65.7 Å². The van der Waals surface area contributed by atoms with Gasteiger partial charge in [-0.1, -0.05) is 12.1 Å². The molecule has 1 N–H and O–H groups in total. The van der Waals surface area contributed by atoms with Crippen molar-refractivity contribution in [1.82, 2.24) is 14.5 Å². The molecule has 0 amide bonds. The van der Waals surface area contributed by atoms with Gasteiger partial charge in [-0.3, -0.25) is 14.6 Å². The van der Waals surface area contributed by atoms with Gasteiger partial charge in [-0.05, 0) is 47.9 Å². The Balaban J connectivity index is 1.44. The summed E-state index contributed by atoms with van der Waals surface area (Å²) >= 11 is 0. The molecular formula is C32H27F2N3O6. The van der Waals surface area contributed by atoms with Gasteiger partial charge in [0.25, 0.3) is 5.88 Å². The Hall–Kier alpha value is -5.16. The zero-order valence-electron chi connectivity index (χ0n) is 23.8. The highest BCUT2D eigenvalue weighted by Crippen LogP contribution is 2.35. The largest absolute Gasteiger partial charge is 0.491 e. The fourth-order valence-corrected chi connectivity index (χ4v) is 4.87. The lowest BCUT2D eigenvalue weighted by molar-refractivity contribution is 0.0991. The fourth-order valence-electron chi connectivity index (χ4n) is 4.87. The van der Waals surface area contributed by atoms with Crippen molar-refractivity contribution >= 4 is 16.8 Å². The van der Waals surface area contributed by atoms with Crippen LogP contribution in [0.4, 0.5) is 8.78 Å². The van der Waals surface area contributed by atoms with E-state index < -0.39 is 29.5 Å². The number of carbonyl (C=O) groups excluding carboxylic acids is 1.